The Labute approximate surface area is 153 Å². The Hall–Kier alpha value is -3.27. The van der Waals surface area contributed by atoms with Gasteiger partial charge in [0.05, 0.1) is 0 Å². The van der Waals surface area contributed by atoms with Gasteiger partial charge in [0.2, 0.25) is 0 Å². The molecule has 4 nitrogen and oxygen atoms in total. The fraction of sp³-hybridized carbons (Fsp3) is 0.136. The van der Waals surface area contributed by atoms with Gasteiger partial charge in [-0.3, -0.25) is 0 Å². The van der Waals surface area contributed by atoms with Crippen LogP contribution in [-0.4, -0.2) is 17.2 Å². The van der Waals surface area contributed by atoms with Crippen molar-refractivity contribution in [1.82, 2.24) is 0 Å². The monoisotopic (exact) mass is 347 g/mol. The lowest BCUT2D eigenvalue weighted by molar-refractivity contribution is -0.145. The molecule has 0 aliphatic heterocycles. The van der Waals surface area contributed by atoms with Gasteiger partial charge in [0, 0.05) is 18.7 Å². The second kappa shape index (κ2) is 8.72. The van der Waals surface area contributed by atoms with Gasteiger partial charge in [-0.1, -0.05) is 60.7 Å². The predicted octanol–water partition coefficient (Wildman–Crippen LogP) is 4.37. The van der Waals surface area contributed by atoms with Crippen LogP contribution in [0.2, 0.25) is 0 Å². The number of ether oxygens (including phenoxy) is 1. The molecule has 26 heavy (non-hydrogen) atoms. The number of benzene rings is 3. The summed E-state index contributed by atoms with van der Waals surface area (Å²) < 4.78 is 5.67. The maximum absolute atomic E-state index is 11.5. The smallest absolute Gasteiger partial charge is 0.345 e. The van der Waals surface area contributed by atoms with Crippen LogP contribution in [0, 0.1) is 0 Å². The standard InChI is InChI=1S/C22H21NO3/c24-22(25)21(15-17-7-3-1-4-8-17)26-20-13-11-19(12-14-20)23-16-18-9-5-2-6-10-18/h1-14,21,23H,15-16H2,(H,24,25). The van der Waals surface area contributed by atoms with Crippen LogP contribution >= 0.6 is 0 Å². The van der Waals surface area contributed by atoms with Crippen LogP contribution in [0.1, 0.15) is 11.1 Å². The maximum Gasteiger partial charge on any atom is 0.345 e. The van der Waals surface area contributed by atoms with E-state index in [4.69, 9.17) is 4.74 Å². The van der Waals surface area contributed by atoms with Crippen LogP contribution in [0.3, 0.4) is 0 Å². The molecule has 2 N–H and O–H groups in total. The lowest BCUT2D eigenvalue weighted by Gasteiger charge is -2.16. The molecular weight excluding hydrogens is 326 g/mol. The summed E-state index contributed by atoms with van der Waals surface area (Å²) in [6.45, 7) is 0.729. The van der Waals surface area contributed by atoms with Crippen molar-refractivity contribution in [2.75, 3.05) is 5.32 Å². The lowest BCUT2D eigenvalue weighted by Crippen LogP contribution is -2.29. The Balaban J connectivity index is 1.59. The number of nitrogens with one attached hydrogen (secondary N) is 1. The van der Waals surface area contributed by atoms with Gasteiger partial charge >= 0.3 is 5.97 Å². The van der Waals surface area contributed by atoms with Crippen molar-refractivity contribution in [3.8, 4) is 5.75 Å². The zero-order valence-corrected chi connectivity index (χ0v) is 14.3. The zero-order chi connectivity index (χ0) is 18.2. The van der Waals surface area contributed by atoms with E-state index >= 15 is 0 Å². The van der Waals surface area contributed by atoms with E-state index in [-0.39, 0.29) is 0 Å². The fourth-order valence-electron chi connectivity index (χ4n) is 2.62. The number of carboxylic acid groups (broad SMARTS) is 1. The lowest BCUT2D eigenvalue weighted by atomic mass is 10.1. The molecule has 0 aromatic heterocycles. The first-order valence-corrected chi connectivity index (χ1v) is 8.52. The molecule has 132 valence electrons. The van der Waals surface area contributed by atoms with Gasteiger partial charge in [-0.2, -0.15) is 0 Å². The van der Waals surface area contributed by atoms with Gasteiger partial charge in [0.25, 0.3) is 0 Å². The molecule has 3 aromatic carbocycles. The summed E-state index contributed by atoms with van der Waals surface area (Å²) in [7, 11) is 0. The van der Waals surface area contributed by atoms with Gasteiger partial charge in [-0.25, -0.2) is 4.79 Å². The summed E-state index contributed by atoms with van der Waals surface area (Å²) in [6, 6.07) is 27.0. The molecule has 0 saturated heterocycles. The number of carbonyl (C=O) groups is 1. The Morgan fingerprint density at radius 1 is 0.846 bits per heavy atom. The summed E-state index contributed by atoms with van der Waals surface area (Å²) in [4.78, 5) is 11.5. The molecule has 1 atom stereocenters. The summed E-state index contributed by atoms with van der Waals surface area (Å²) in [6.07, 6.45) is -0.593. The average Bonchev–Trinajstić information content (AvgIpc) is 2.68. The Morgan fingerprint density at radius 2 is 1.42 bits per heavy atom. The highest BCUT2D eigenvalue weighted by molar-refractivity contribution is 5.73. The molecule has 3 rings (SSSR count). The van der Waals surface area contributed by atoms with Gasteiger partial charge in [-0.15, -0.1) is 0 Å². The third-order valence-corrected chi connectivity index (χ3v) is 4.01. The first-order chi connectivity index (χ1) is 12.7. The molecule has 0 heterocycles. The molecule has 0 bridgehead atoms. The minimum Gasteiger partial charge on any atom is -0.478 e. The van der Waals surface area contributed by atoms with Gasteiger partial charge < -0.3 is 15.2 Å². The van der Waals surface area contributed by atoms with Gasteiger partial charge in [-0.05, 0) is 35.4 Å². The molecule has 0 radical (unpaired) electrons. The van der Waals surface area contributed by atoms with Crippen molar-refractivity contribution >= 4 is 11.7 Å². The molecule has 3 aromatic rings. The van der Waals surface area contributed by atoms with Crippen molar-refractivity contribution < 1.29 is 14.6 Å². The molecule has 0 aliphatic carbocycles. The minimum absolute atomic E-state index is 0.324. The number of carboxylic acids is 1. The summed E-state index contributed by atoms with van der Waals surface area (Å²) >= 11 is 0. The van der Waals surface area contributed by atoms with Crippen LogP contribution in [0.25, 0.3) is 0 Å². The SMILES string of the molecule is O=C(O)C(Cc1ccccc1)Oc1ccc(NCc2ccccc2)cc1. The van der Waals surface area contributed by atoms with E-state index in [0.717, 1.165) is 17.8 Å². The van der Waals surface area contributed by atoms with E-state index in [1.807, 2.05) is 60.7 Å². The van der Waals surface area contributed by atoms with Crippen molar-refractivity contribution in [3.05, 3.63) is 96.1 Å². The van der Waals surface area contributed by atoms with Crippen molar-refractivity contribution in [3.63, 3.8) is 0 Å². The van der Waals surface area contributed by atoms with Gasteiger partial charge in [0.1, 0.15) is 5.75 Å². The van der Waals surface area contributed by atoms with E-state index in [1.54, 1.807) is 12.1 Å². The number of rotatable bonds is 8. The van der Waals surface area contributed by atoms with Crippen LogP contribution in [-0.2, 0) is 17.8 Å². The highest BCUT2D eigenvalue weighted by Crippen LogP contribution is 2.19. The van der Waals surface area contributed by atoms with Gasteiger partial charge in [0.15, 0.2) is 6.10 Å². The average molecular weight is 347 g/mol. The summed E-state index contributed by atoms with van der Waals surface area (Å²) in [5.41, 5.74) is 3.08. The molecule has 1 unspecified atom stereocenters. The molecule has 0 amide bonds. The van der Waals surface area contributed by atoms with E-state index in [9.17, 15) is 9.90 Å². The Kier molecular flexibility index (Phi) is 5.88. The van der Waals surface area contributed by atoms with Crippen LogP contribution < -0.4 is 10.1 Å². The highest BCUT2D eigenvalue weighted by Gasteiger charge is 2.19. The third-order valence-electron chi connectivity index (χ3n) is 4.01. The normalized spacial score (nSPS) is 11.5. The van der Waals surface area contributed by atoms with Crippen molar-refractivity contribution in [1.29, 1.82) is 0 Å². The largest absolute Gasteiger partial charge is 0.478 e. The van der Waals surface area contributed by atoms with E-state index in [1.165, 1.54) is 5.56 Å². The number of anilines is 1. The van der Waals surface area contributed by atoms with E-state index in [0.29, 0.717) is 12.2 Å². The predicted molar refractivity (Wildman–Crippen MR) is 102 cm³/mol. The second-order valence-corrected chi connectivity index (χ2v) is 6.00. The quantitative estimate of drug-likeness (QED) is 0.635. The molecule has 0 spiro atoms. The van der Waals surface area contributed by atoms with Crippen molar-refractivity contribution in [2.45, 2.75) is 19.1 Å². The summed E-state index contributed by atoms with van der Waals surface area (Å²) in [5.74, 6) is -0.432. The van der Waals surface area contributed by atoms with Crippen LogP contribution in [0.15, 0.2) is 84.9 Å². The number of hydrogen-bond donors (Lipinski definition) is 2. The molecule has 0 fully saturated rings. The molecule has 0 saturated carbocycles. The zero-order valence-electron chi connectivity index (χ0n) is 14.3. The van der Waals surface area contributed by atoms with E-state index < -0.39 is 12.1 Å². The number of aliphatic carboxylic acids is 1. The second-order valence-electron chi connectivity index (χ2n) is 6.00. The topological polar surface area (TPSA) is 58.6 Å². The number of hydrogen-bond acceptors (Lipinski definition) is 3. The molecular formula is C22H21NO3. The third kappa shape index (κ3) is 5.11. The fourth-order valence-corrected chi connectivity index (χ4v) is 2.62. The Bertz CT molecular complexity index is 817. The van der Waals surface area contributed by atoms with Crippen molar-refractivity contribution in [2.24, 2.45) is 0 Å². The molecule has 4 heteroatoms. The molecule has 0 aliphatic rings. The summed E-state index contributed by atoms with van der Waals surface area (Å²) in [5, 5.41) is 12.8. The first-order valence-electron chi connectivity index (χ1n) is 8.52. The highest BCUT2D eigenvalue weighted by atomic mass is 16.5. The maximum atomic E-state index is 11.5. The first kappa shape index (κ1) is 17.5. The van der Waals surface area contributed by atoms with Crippen LogP contribution in [0.4, 0.5) is 5.69 Å². The van der Waals surface area contributed by atoms with Crippen LogP contribution in [0.5, 0.6) is 5.75 Å². The van der Waals surface area contributed by atoms with E-state index in [2.05, 4.69) is 17.4 Å². The minimum atomic E-state index is -0.972. The Morgan fingerprint density at radius 3 is 2.00 bits per heavy atom.